The summed E-state index contributed by atoms with van der Waals surface area (Å²) in [6.07, 6.45) is 6.67. The Morgan fingerprint density at radius 3 is 2.38 bits per heavy atom. The van der Waals surface area contributed by atoms with Crippen LogP contribution >= 0.6 is 0 Å². The lowest BCUT2D eigenvalue weighted by Crippen LogP contribution is -2.14. The second-order valence-electron chi connectivity index (χ2n) is 6.51. The van der Waals surface area contributed by atoms with Gasteiger partial charge in [0.1, 0.15) is 11.5 Å². The van der Waals surface area contributed by atoms with E-state index in [1.54, 1.807) is 6.07 Å². The molecule has 3 aromatic rings. The highest BCUT2D eigenvalue weighted by atomic mass is 16.5. The van der Waals surface area contributed by atoms with Crippen LogP contribution in [0.4, 0.5) is 5.69 Å². The van der Waals surface area contributed by atoms with Gasteiger partial charge in [-0.25, -0.2) is 0 Å². The first-order valence-corrected chi connectivity index (χ1v) is 8.97. The van der Waals surface area contributed by atoms with Crippen LogP contribution in [0, 0.1) is 0 Å². The molecule has 1 heterocycles. The molecule has 0 spiro atoms. The third-order valence-corrected chi connectivity index (χ3v) is 4.63. The topological polar surface area (TPSA) is 56.1 Å². The van der Waals surface area contributed by atoms with Crippen molar-refractivity contribution in [2.24, 2.45) is 0 Å². The number of para-hydroxylation sites is 1. The number of ether oxygens (including phenoxy) is 1. The van der Waals surface area contributed by atoms with E-state index in [-0.39, 0.29) is 5.91 Å². The zero-order valence-electron chi connectivity index (χ0n) is 14.5. The fourth-order valence-corrected chi connectivity index (χ4v) is 3.26. The summed E-state index contributed by atoms with van der Waals surface area (Å²) in [4.78, 5) is 12.4. The van der Waals surface area contributed by atoms with E-state index in [0.717, 1.165) is 24.3 Å². The molecule has 0 bridgehead atoms. The molecule has 0 radical (unpaired) electrons. The van der Waals surface area contributed by atoms with Crippen LogP contribution in [0.5, 0.6) is 11.5 Å². The van der Waals surface area contributed by atoms with Crippen molar-refractivity contribution in [2.45, 2.75) is 31.7 Å². The molecule has 132 valence electrons. The average molecular weight is 347 g/mol. The molecule has 5 nitrogen and oxygen atoms in total. The molecule has 1 amide bonds. The Kier molecular flexibility index (Phi) is 4.69. The van der Waals surface area contributed by atoms with Crippen molar-refractivity contribution < 1.29 is 9.53 Å². The Labute approximate surface area is 152 Å². The number of hydrogen-bond acceptors (Lipinski definition) is 3. The second-order valence-corrected chi connectivity index (χ2v) is 6.51. The lowest BCUT2D eigenvalue weighted by Gasteiger charge is -2.09. The van der Waals surface area contributed by atoms with Crippen molar-refractivity contribution in [1.29, 1.82) is 0 Å². The van der Waals surface area contributed by atoms with E-state index in [4.69, 9.17) is 4.74 Å². The number of benzene rings is 2. The zero-order valence-corrected chi connectivity index (χ0v) is 14.5. The first-order chi connectivity index (χ1) is 12.8. The van der Waals surface area contributed by atoms with E-state index in [1.807, 2.05) is 65.5 Å². The quantitative estimate of drug-likeness (QED) is 0.703. The summed E-state index contributed by atoms with van der Waals surface area (Å²) in [7, 11) is 0. The number of nitrogens with zero attached hydrogens (tertiary/aromatic N) is 2. The van der Waals surface area contributed by atoms with Crippen molar-refractivity contribution in [1.82, 2.24) is 9.78 Å². The highest BCUT2D eigenvalue weighted by molar-refractivity contribution is 6.02. The molecule has 26 heavy (non-hydrogen) atoms. The Balaban J connectivity index is 1.38. The summed E-state index contributed by atoms with van der Waals surface area (Å²) in [5.74, 6) is 1.31. The molecule has 1 aliphatic rings. The predicted molar refractivity (Wildman–Crippen MR) is 101 cm³/mol. The molecular weight excluding hydrogens is 326 g/mol. The van der Waals surface area contributed by atoms with Crippen molar-refractivity contribution in [3.05, 3.63) is 72.6 Å². The number of nitrogens with one attached hydrogen (secondary N) is 1. The molecule has 0 aliphatic heterocycles. The number of amides is 1. The highest BCUT2D eigenvalue weighted by Crippen LogP contribution is 2.29. The number of carbonyl (C=O) groups excluding carboxylic acids is 1. The van der Waals surface area contributed by atoms with Gasteiger partial charge in [-0.3, -0.25) is 9.48 Å². The summed E-state index contributed by atoms with van der Waals surface area (Å²) >= 11 is 0. The van der Waals surface area contributed by atoms with Gasteiger partial charge in [0.2, 0.25) is 0 Å². The molecule has 1 fully saturated rings. The molecule has 0 saturated heterocycles. The molecule has 1 aromatic heterocycles. The van der Waals surface area contributed by atoms with E-state index in [0.29, 0.717) is 17.4 Å². The zero-order chi connectivity index (χ0) is 17.8. The van der Waals surface area contributed by atoms with Gasteiger partial charge in [0, 0.05) is 11.9 Å². The molecular formula is C21H21N3O2. The minimum absolute atomic E-state index is 0.196. The fourth-order valence-electron chi connectivity index (χ4n) is 3.26. The van der Waals surface area contributed by atoms with Gasteiger partial charge in [-0.2, -0.15) is 5.10 Å². The predicted octanol–water partition coefficient (Wildman–Crippen LogP) is 5.04. The normalized spacial score (nSPS) is 14.3. The molecule has 1 aliphatic carbocycles. The lowest BCUT2D eigenvalue weighted by atomic mass is 10.3. The van der Waals surface area contributed by atoms with Gasteiger partial charge in [0.25, 0.3) is 5.91 Å². The summed E-state index contributed by atoms with van der Waals surface area (Å²) in [5, 5.41) is 7.32. The van der Waals surface area contributed by atoms with Gasteiger partial charge >= 0.3 is 0 Å². The number of anilines is 1. The molecule has 0 atom stereocenters. The maximum absolute atomic E-state index is 12.4. The Morgan fingerprint density at radius 2 is 1.65 bits per heavy atom. The Morgan fingerprint density at radius 1 is 0.962 bits per heavy atom. The van der Waals surface area contributed by atoms with Crippen LogP contribution in [0.15, 0.2) is 66.9 Å². The molecule has 1 N–H and O–H groups in total. The van der Waals surface area contributed by atoms with Crippen LogP contribution in [-0.4, -0.2) is 15.7 Å². The van der Waals surface area contributed by atoms with E-state index in [1.165, 1.54) is 12.8 Å². The largest absolute Gasteiger partial charge is 0.457 e. The van der Waals surface area contributed by atoms with Crippen LogP contribution < -0.4 is 10.1 Å². The SMILES string of the molecule is O=C(Nc1ccc(Oc2ccccc2)cc1)c1ccn(C2CCCC2)n1. The lowest BCUT2D eigenvalue weighted by molar-refractivity contribution is 0.102. The standard InChI is InChI=1S/C21H21N3O2/c25-21(20-14-15-24(23-20)17-6-4-5-7-17)22-16-10-12-19(13-11-16)26-18-8-2-1-3-9-18/h1-3,8-15,17H,4-7H2,(H,22,25). The summed E-state index contributed by atoms with van der Waals surface area (Å²) in [6, 6.07) is 19.1. The Hall–Kier alpha value is -3.08. The molecule has 4 rings (SSSR count). The van der Waals surface area contributed by atoms with Crippen molar-refractivity contribution in [3.63, 3.8) is 0 Å². The van der Waals surface area contributed by atoms with E-state index in [2.05, 4.69) is 10.4 Å². The third kappa shape index (κ3) is 3.77. The van der Waals surface area contributed by atoms with Crippen molar-refractivity contribution in [3.8, 4) is 11.5 Å². The van der Waals surface area contributed by atoms with Crippen LogP contribution in [0.1, 0.15) is 42.2 Å². The van der Waals surface area contributed by atoms with Crippen LogP contribution in [0.2, 0.25) is 0 Å². The average Bonchev–Trinajstić information content (AvgIpc) is 3.36. The monoisotopic (exact) mass is 347 g/mol. The van der Waals surface area contributed by atoms with Gasteiger partial charge in [0.05, 0.1) is 6.04 Å². The molecule has 2 aromatic carbocycles. The summed E-state index contributed by atoms with van der Waals surface area (Å²) < 4.78 is 7.68. The van der Waals surface area contributed by atoms with E-state index in [9.17, 15) is 4.79 Å². The first-order valence-electron chi connectivity index (χ1n) is 8.97. The van der Waals surface area contributed by atoms with Gasteiger partial charge in [0.15, 0.2) is 5.69 Å². The van der Waals surface area contributed by atoms with Crippen LogP contribution in [0.3, 0.4) is 0 Å². The van der Waals surface area contributed by atoms with Gasteiger partial charge in [-0.1, -0.05) is 31.0 Å². The maximum atomic E-state index is 12.4. The van der Waals surface area contributed by atoms with Crippen molar-refractivity contribution >= 4 is 11.6 Å². The van der Waals surface area contributed by atoms with E-state index < -0.39 is 0 Å². The molecule has 0 unspecified atom stereocenters. The summed E-state index contributed by atoms with van der Waals surface area (Å²) in [6.45, 7) is 0. The van der Waals surface area contributed by atoms with Gasteiger partial charge in [-0.15, -0.1) is 0 Å². The first kappa shape index (κ1) is 16.4. The van der Waals surface area contributed by atoms with Gasteiger partial charge in [-0.05, 0) is 55.3 Å². The minimum Gasteiger partial charge on any atom is -0.457 e. The van der Waals surface area contributed by atoms with Crippen LogP contribution in [0.25, 0.3) is 0 Å². The number of hydrogen-bond donors (Lipinski definition) is 1. The fraction of sp³-hybridized carbons (Fsp3) is 0.238. The highest BCUT2D eigenvalue weighted by Gasteiger charge is 2.19. The third-order valence-electron chi connectivity index (χ3n) is 4.63. The van der Waals surface area contributed by atoms with Crippen molar-refractivity contribution in [2.75, 3.05) is 5.32 Å². The summed E-state index contributed by atoms with van der Waals surface area (Å²) in [5.41, 5.74) is 1.16. The smallest absolute Gasteiger partial charge is 0.276 e. The van der Waals surface area contributed by atoms with Crippen LogP contribution in [-0.2, 0) is 0 Å². The second kappa shape index (κ2) is 7.44. The van der Waals surface area contributed by atoms with E-state index >= 15 is 0 Å². The molecule has 1 saturated carbocycles. The maximum Gasteiger partial charge on any atom is 0.276 e. The molecule has 5 heteroatoms. The number of carbonyl (C=O) groups is 1. The van der Waals surface area contributed by atoms with Gasteiger partial charge < -0.3 is 10.1 Å². The Bertz CT molecular complexity index is 866. The minimum atomic E-state index is -0.196. The number of aromatic nitrogens is 2. The number of rotatable bonds is 5.